The van der Waals surface area contributed by atoms with E-state index in [0.29, 0.717) is 6.04 Å². The molecule has 1 N–H and O–H groups in total. The van der Waals surface area contributed by atoms with Crippen molar-refractivity contribution in [3.63, 3.8) is 0 Å². The van der Waals surface area contributed by atoms with E-state index >= 15 is 0 Å². The number of hydrogen-bond acceptors (Lipinski definition) is 3. The van der Waals surface area contributed by atoms with Gasteiger partial charge in [-0.25, -0.2) is 0 Å². The number of unbranched alkanes of at least 4 members (excludes halogenated alkanes) is 7. The maximum absolute atomic E-state index is 10.4. The van der Waals surface area contributed by atoms with Crippen molar-refractivity contribution in [3.8, 4) is 0 Å². The lowest BCUT2D eigenvalue weighted by Crippen LogP contribution is -2.64. The first kappa shape index (κ1) is 16.3. The third kappa shape index (κ3) is 5.01. The fourth-order valence-corrected chi connectivity index (χ4v) is 3.70. The molecule has 3 heterocycles. The Bertz CT molecular complexity index is 251. The standard InChI is InChI=1S/C17H34N2O/c1-2-3-4-5-6-7-8-9-10-17(20)16-15-18-11-13-19(16)14-12-18/h16-17,20H,2-15H2,1H3. The van der Waals surface area contributed by atoms with Crippen LogP contribution < -0.4 is 0 Å². The van der Waals surface area contributed by atoms with Crippen molar-refractivity contribution in [2.75, 3.05) is 32.7 Å². The van der Waals surface area contributed by atoms with Gasteiger partial charge in [0, 0.05) is 38.8 Å². The summed E-state index contributed by atoms with van der Waals surface area (Å²) in [5.41, 5.74) is 0. The SMILES string of the molecule is CCCCCCCCCCC(O)C1CN2CCN1CC2. The summed E-state index contributed by atoms with van der Waals surface area (Å²) in [5.74, 6) is 0. The monoisotopic (exact) mass is 282 g/mol. The molecular formula is C17H34N2O. The van der Waals surface area contributed by atoms with Gasteiger partial charge < -0.3 is 5.11 Å². The average molecular weight is 282 g/mol. The molecule has 3 fully saturated rings. The van der Waals surface area contributed by atoms with Crippen LogP contribution in [0.15, 0.2) is 0 Å². The van der Waals surface area contributed by atoms with Crippen LogP contribution >= 0.6 is 0 Å². The molecule has 3 nitrogen and oxygen atoms in total. The quantitative estimate of drug-likeness (QED) is 0.624. The van der Waals surface area contributed by atoms with Gasteiger partial charge in [-0.15, -0.1) is 0 Å². The highest BCUT2D eigenvalue weighted by molar-refractivity contribution is 4.91. The van der Waals surface area contributed by atoms with Crippen molar-refractivity contribution in [2.24, 2.45) is 0 Å². The van der Waals surface area contributed by atoms with Crippen molar-refractivity contribution < 1.29 is 5.11 Å². The van der Waals surface area contributed by atoms with E-state index in [1.54, 1.807) is 0 Å². The first-order chi connectivity index (χ1) is 9.81. The molecule has 20 heavy (non-hydrogen) atoms. The van der Waals surface area contributed by atoms with Gasteiger partial charge in [0.1, 0.15) is 0 Å². The van der Waals surface area contributed by atoms with Crippen molar-refractivity contribution in [3.05, 3.63) is 0 Å². The smallest absolute Gasteiger partial charge is 0.0707 e. The van der Waals surface area contributed by atoms with Crippen molar-refractivity contribution in [1.82, 2.24) is 9.80 Å². The number of rotatable bonds is 10. The fourth-order valence-electron chi connectivity index (χ4n) is 3.70. The maximum Gasteiger partial charge on any atom is 0.0707 e. The van der Waals surface area contributed by atoms with E-state index in [9.17, 15) is 5.11 Å². The first-order valence-corrected chi connectivity index (χ1v) is 8.95. The van der Waals surface area contributed by atoms with Crippen molar-refractivity contribution in [1.29, 1.82) is 0 Å². The normalized spacial score (nSPS) is 30.6. The highest BCUT2D eigenvalue weighted by atomic mass is 16.3. The van der Waals surface area contributed by atoms with E-state index in [2.05, 4.69) is 16.7 Å². The number of aliphatic hydroxyl groups excluding tert-OH is 1. The van der Waals surface area contributed by atoms with Gasteiger partial charge >= 0.3 is 0 Å². The molecule has 0 aromatic heterocycles. The lowest BCUT2D eigenvalue weighted by atomic mass is 9.97. The zero-order chi connectivity index (χ0) is 14.2. The molecule has 3 rings (SSSR count). The molecule has 0 saturated carbocycles. The van der Waals surface area contributed by atoms with E-state index in [0.717, 1.165) is 13.0 Å². The van der Waals surface area contributed by atoms with Crippen LogP contribution in [0.3, 0.4) is 0 Å². The Morgan fingerprint density at radius 3 is 2.05 bits per heavy atom. The Morgan fingerprint density at radius 2 is 1.50 bits per heavy atom. The topological polar surface area (TPSA) is 26.7 Å². The van der Waals surface area contributed by atoms with Crippen LogP contribution in [0.2, 0.25) is 0 Å². The Morgan fingerprint density at radius 1 is 0.900 bits per heavy atom. The van der Waals surface area contributed by atoms with Crippen LogP contribution in [0.1, 0.15) is 64.7 Å². The molecule has 118 valence electrons. The van der Waals surface area contributed by atoms with Gasteiger partial charge in [-0.3, -0.25) is 9.80 Å². The van der Waals surface area contributed by atoms with Gasteiger partial charge in [0.05, 0.1) is 6.10 Å². The summed E-state index contributed by atoms with van der Waals surface area (Å²) in [6.45, 7) is 8.12. The lowest BCUT2D eigenvalue weighted by molar-refractivity contribution is -0.0486. The summed E-state index contributed by atoms with van der Waals surface area (Å²) < 4.78 is 0. The molecule has 2 unspecified atom stereocenters. The third-order valence-electron chi connectivity index (χ3n) is 5.12. The van der Waals surface area contributed by atoms with E-state index in [4.69, 9.17) is 0 Å². The predicted octanol–water partition coefficient (Wildman–Crippen LogP) is 2.88. The number of aliphatic hydroxyl groups is 1. The molecule has 0 aromatic rings. The van der Waals surface area contributed by atoms with Gasteiger partial charge in [-0.1, -0.05) is 58.3 Å². The number of piperazine rings is 3. The number of fused-ring (bicyclic) bond motifs is 3. The van der Waals surface area contributed by atoms with Gasteiger partial charge in [0.15, 0.2) is 0 Å². The van der Waals surface area contributed by atoms with Gasteiger partial charge in [0.2, 0.25) is 0 Å². The molecule has 3 aliphatic rings. The zero-order valence-corrected chi connectivity index (χ0v) is 13.4. The average Bonchev–Trinajstić information content (AvgIpc) is 2.51. The van der Waals surface area contributed by atoms with Gasteiger partial charge in [-0.05, 0) is 6.42 Å². The second kappa shape index (κ2) is 9.01. The third-order valence-corrected chi connectivity index (χ3v) is 5.12. The van der Waals surface area contributed by atoms with Crippen LogP contribution in [0.5, 0.6) is 0 Å². The van der Waals surface area contributed by atoms with Crippen molar-refractivity contribution in [2.45, 2.75) is 76.9 Å². The van der Waals surface area contributed by atoms with Gasteiger partial charge in [-0.2, -0.15) is 0 Å². The molecule has 0 aliphatic carbocycles. The highest BCUT2D eigenvalue weighted by Gasteiger charge is 2.35. The maximum atomic E-state index is 10.4. The summed E-state index contributed by atoms with van der Waals surface area (Å²) in [6.07, 6.45) is 11.7. The minimum atomic E-state index is -0.0989. The second-order valence-electron chi connectivity index (χ2n) is 6.73. The lowest BCUT2D eigenvalue weighted by Gasteiger charge is -2.49. The molecule has 0 aromatic carbocycles. The summed E-state index contributed by atoms with van der Waals surface area (Å²) >= 11 is 0. The molecule has 0 spiro atoms. The zero-order valence-electron chi connectivity index (χ0n) is 13.4. The van der Waals surface area contributed by atoms with Crippen LogP contribution in [-0.2, 0) is 0 Å². The molecule has 3 heteroatoms. The van der Waals surface area contributed by atoms with Gasteiger partial charge in [0.25, 0.3) is 0 Å². The first-order valence-electron chi connectivity index (χ1n) is 8.95. The van der Waals surface area contributed by atoms with E-state index in [1.807, 2.05) is 0 Å². The minimum Gasteiger partial charge on any atom is -0.391 e. The summed E-state index contributed by atoms with van der Waals surface area (Å²) in [7, 11) is 0. The van der Waals surface area contributed by atoms with Crippen LogP contribution in [0.4, 0.5) is 0 Å². The van der Waals surface area contributed by atoms with Crippen LogP contribution in [0.25, 0.3) is 0 Å². The molecular weight excluding hydrogens is 248 g/mol. The van der Waals surface area contributed by atoms with Crippen molar-refractivity contribution >= 4 is 0 Å². The Hall–Kier alpha value is -0.120. The molecule has 0 radical (unpaired) electrons. The van der Waals surface area contributed by atoms with Crippen LogP contribution in [0, 0.1) is 0 Å². The second-order valence-corrected chi connectivity index (χ2v) is 6.73. The number of hydrogen-bond donors (Lipinski definition) is 1. The fraction of sp³-hybridized carbons (Fsp3) is 1.00. The molecule has 2 bridgehead atoms. The molecule has 2 atom stereocenters. The summed E-state index contributed by atoms with van der Waals surface area (Å²) in [5, 5.41) is 10.4. The molecule has 0 amide bonds. The Kier molecular flexibility index (Phi) is 7.32. The summed E-state index contributed by atoms with van der Waals surface area (Å²) in [6, 6.07) is 0.419. The minimum absolute atomic E-state index is 0.0989. The molecule has 3 saturated heterocycles. The Balaban J connectivity index is 1.49. The molecule has 3 aliphatic heterocycles. The largest absolute Gasteiger partial charge is 0.391 e. The number of nitrogens with zero attached hydrogens (tertiary/aromatic N) is 2. The van der Waals surface area contributed by atoms with E-state index in [-0.39, 0.29) is 6.10 Å². The highest BCUT2D eigenvalue weighted by Crippen LogP contribution is 2.21. The summed E-state index contributed by atoms with van der Waals surface area (Å²) in [4.78, 5) is 5.02. The van der Waals surface area contributed by atoms with Crippen LogP contribution in [-0.4, -0.2) is 59.8 Å². The van der Waals surface area contributed by atoms with E-state index < -0.39 is 0 Å². The van der Waals surface area contributed by atoms with E-state index in [1.165, 1.54) is 77.5 Å². The Labute approximate surface area is 125 Å². The predicted molar refractivity (Wildman–Crippen MR) is 85.0 cm³/mol.